The Bertz CT molecular complexity index is 1050. The van der Waals surface area contributed by atoms with E-state index in [0.717, 1.165) is 0 Å². The standard InChI is InChI=1S/C20H14N2O6S/c23-18(14-12-13-6-1-2-7-15(13)27-19(14)24)26-9-3-4-11-29-20-22-21-17(28-20)16-8-5-10-25-16/h1-2,5-8,10,12-13,15H,9,11H2/t13-,15-/m0/s1. The van der Waals surface area contributed by atoms with E-state index >= 15 is 0 Å². The molecule has 0 saturated heterocycles. The first-order chi connectivity index (χ1) is 14.2. The summed E-state index contributed by atoms with van der Waals surface area (Å²) in [6.45, 7) is -0.144. The number of rotatable bonds is 5. The first-order valence-corrected chi connectivity index (χ1v) is 9.60. The summed E-state index contributed by atoms with van der Waals surface area (Å²) in [5.41, 5.74) is -0.112. The molecule has 9 heteroatoms. The molecular formula is C20H14N2O6S. The van der Waals surface area contributed by atoms with E-state index < -0.39 is 11.9 Å². The third-order valence-electron chi connectivity index (χ3n) is 3.97. The SMILES string of the molecule is O=C(OCC#CCSc1nnc(-c2ccco2)o1)C1=C[C@@H]2C=CC=C[C@@H]2OC1=O. The highest BCUT2D eigenvalue weighted by molar-refractivity contribution is 7.99. The Morgan fingerprint density at radius 1 is 1.24 bits per heavy atom. The Morgan fingerprint density at radius 2 is 2.14 bits per heavy atom. The van der Waals surface area contributed by atoms with Gasteiger partial charge in [0, 0.05) is 5.92 Å². The molecule has 0 fully saturated rings. The van der Waals surface area contributed by atoms with Gasteiger partial charge < -0.3 is 18.3 Å². The third kappa shape index (κ3) is 4.50. The van der Waals surface area contributed by atoms with Crippen LogP contribution in [0.3, 0.4) is 0 Å². The van der Waals surface area contributed by atoms with Crippen molar-refractivity contribution in [2.75, 3.05) is 12.4 Å². The largest absolute Gasteiger partial charge is 0.459 e. The van der Waals surface area contributed by atoms with Crippen LogP contribution in [0.1, 0.15) is 0 Å². The van der Waals surface area contributed by atoms with Gasteiger partial charge in [-0.2, -0.15) is 0 Å². The van der Waals surface area contributed by atoms with Crippen LogP contribution in [0.5, 0.6) is 0 Å². The van der Waals surface area contributed by atoms with Crippen molar-refractivity contribution in [1.82, 2.24) is 10.2 Å². The molecule has 2 atom stereocenters. The van der Waals surface area contributed by atoms with Crippen molar-refractivity contribution < 1.29 is 27.9 Å². The number of hydrogen-bond acceptors (Lipinski definition) is 9. The minimum atomic E-state index is -0.752. The van der Waals surface area contributed by atoms with Crippen molar-refractivity contribution >= 4 is 23.7 Å². The lowest BCUT2D eigenvalue weighted by Gasteiger charge is -2.26. The van der Waals surface area contributed by atoms with Gasteiger partial charge in [0.2, 0.25) is 0 Å². The van der Waals surface area contributed by atoms with E-state index in [1.165, 1.54) is 18.0 Å². The number of esters is 2. The lowest BCUT2D eigenvalue weighted by Crippen LogP contribution is -2.33. The molecule has 0 aromatic carbocycles. The van der Waals surface area contributed by atoms with Crippen molar-refractivity contribution in [3.63, 3.8) is 0 Å². The second-order valence-electron chi connectivity index (χ2n) is 5.87. The van der Waals surface area contributed by atoms with Crippen molar-refractivity contribution in [3.05, 3.63) is 54.3 Å². The van der Waals surface area contributed by atoms with Crippen LogP contribution in [0.4, 0.5) is 0 Å². The summed E-state index contributed by atoms with van der Waals surface area (Å²) in [6, 6.07) is 3.44. The molecule has 0 unspecified atom stereocenters. The molecule has 2 aromatic rings. The normalized spacial score (nSPS) is 19.6. The molecule has 2 aliphatic rings. The van der Waals surface area contributed by atoms with E-state index in [1.807, 2.05) is 12.2 Å². The van der Waals surface area contributed by atoms with Crippen molar-refractivity contribution in [3.8, 4) is 23.5 Å². The van der Waals surface area contributed by atoms with Crippen LogP contribution in [0, 0.1) is 17.8 Å². The molecule has 29 heavy (non-hydrogen) atoms. The summed E-state index contributed by atoms with van der Waals surface area (Å²) in [4.78, 5) is 24.1. The van der Waals surface area contributed by atoms with Gasteiger partial charge in [-0.25, -0.2) is 9.59 Å². The van der Waals surface area contributed by atoms with E-state index in [0.29, 0.717) is 16.7 Å². The highest BCUT2D eigenvalue weighted by Crippen LogP contribution is 2.26. The highest BCUT2D eigenvalue weighted by Gasteiger charge is 2.33. The van der Waals surface area contributed by atoms with E-state index in [-0.39, 0.29) is 30.1 Å². The van der Waals surface area contributed by atoms with Crippen LogP contribution in [0.25, 0.3) is 11.7 Å². The van der Waals surface area contributed by atoms with Gasteiger partial charge in [-0.3, -0.25) is 0 Å². The van der Waals surface area contributed by atoms with Gasteiger partial charge >= 0.3 is 11.9 Å². The number of nitrogens with zero attached hydrogens (tertiary/aromatic N) is 2. The van der Waals surface area contributed by atoms with Gasteiger partial charge in [0.25, 0.3) is 11.1 Å². The van der Waals surface area contributed by atoms with Crippen LogP contribution >= 0.6 is 11.8 Å². The van der Waals surface area contributed by atoms with Gasteiger partial charge in [-0.1, -0.05) is 47.9 Å². The molecule has 3 heterocycles. The Labute approximate surface area is 169 Å². The molecule has 0 radical (unpaired) electrons. The molecule has 0 amide bonds. The Hall–Kier alpha value is -3.51. The zero-order valence-electron chi connectivity index (χ0n) is 14.9. The smallest absolute Gasteiger partial charge is 0.346 e. The molecule has 0 spiro atoms. The van der Waals surface area contributed by atoms with Gasteiger partial charge in [-0.15, -0.1) is 10.2 Å². The molecule has 146 valence electrons. The minimum absolute atomic E-state index is 0.112. The van der Waals surface area contributed by atoms with E-state index in [4.69, 9.17) is 18.3 Å². The number of carbonyl (C=O) groups excluding carboxylic acids is 2. The fourth-order valence-electron chi connectivity index (χ4n) is 2.62. The Balaban J connectivity index is 1.24. The molecule has 0 N–H and O–H groups in total. The molecular weight excluding hydrogens is 396 g/mol. The van der Waals surface area contributed by atoms with Crippen molar-refractivity contribution in [1.29, 1.82) is 0 Å². The summed E-state index contributed by atoms with van der Waals surface area (Å²) < 4.78 is 20.9. The maximum absolute atomic E-state index is 12.1. The predicted octanol–water partition coefficient (Wildman–Crippen LogP) is 2.56. The molecule has 4 rings (SSSR count). The van der Waals surface area contributed by atoms with Crippen LogP contribution in [-0.2, 0) is 19.1 Å². The first kappa shape index (κ1) is 18.8. The average molecular weight is 410 g/mol. The molecule has 2 aromatic heterocycles. The van der Waals surface area contributed by atoms with E-state index in [9.17, 15) is 9.59 Å². The van der Waals surface area contributed by atoms with Crippen molar-refractivity contribution in [2.24, 2.45) is 5.92 Å². The number of carbonyl (C=O) groups is 2. The first-order valence-electron chi connectivity index (χ1n) is 8.61. The van der Waals surface area contributed by atoms with Crippen LogP contribution in [-0.4, -0.2) is 40.6 Å². The summed E-state index contributed by atoms with van der Waals surface area (Å²) >= 11 is 1.24. The third-order valence-corrected chi connectivity index (χ3v) is 4.67. The number of hydrogen-bond donors (Lipinski definition) is 0. The average Bonchev–Trinajstić information content (AvgIpc) is 3.41. The number of ether oxygens (including phenoxy) is 2. The van der Waals surface area contributed by atoms with Gasteiger partial charge in [0.05, 0.1) is 12.0 Å². The van der Waals surface area contributed by atoms with E-state index in [2.05, 4.69) is 22.0 Å². The Kier molecular flexibility index (Phi) is 5.63. The number of aromatic nitrogens is 2. The molecule has 0 bridgehead atoms. The fourth-order valence-corrected chi connectivity index (χ4v) is 3.15. The van der Waals surface area contributed by atoms with Gasteiger partial charge in [-0.05, 0) is 18.2 Å². The highest BCUT2D eigenvalue weighted by atomic mass is 32.2. The number of furan rings is 1. The number of thioether (sulfide) groups is 1. The quantitative estimate of drug-likeness (QED) is 0.318. The van der Waals surface area contributed by atoms with Gasteiger partial charge in [0.15, 0.2) is 12.4 Å². The monoisotopic (exact) mass is 410 g/mol. The minimum Gasteiger partial charge on any atom is -0.459 e. The topological polar surface area (TPSA) is 105 Å². The summed E-state index contributed by atoms with van der Waals surface area (Å²) in [5.74, 6) is 5.06. The maximum Gasteiger partial charge on any atom is 0.346 e. The summed E-state index contributed by atoms with van der Waals surface area (Å²) in [6.07, 6.45) is 9.97. The molecule has 1 aliphatic heterocycles. The van der Waals surface area contributed by atoms with Crippen LogP contribution in [0.2, 0.25) is 0 Å². The summed E-state index contributed by atoms with van der Waals surface area (Å²) in [7, 11) is 0. The number of fused-ring (bicyclic) bond motifs is 1. The number of allylic oxidation sites excluding steroid dienone is 2. The lowest BCUT2D eigenvalue weighted by molar-refractivity contribution is -0.150. The van der Waals surface area contributed by atoms with Crippen LogP contribution < -0.4 is 0 Å². The second kappa shape index (κ2) is 8.67. The second-order valence-corrected chi connectivity index (χ2v) is 6.79. The van der Waals surface area contributed by atoms with E-state index in [1.54, 1.807) is 30.4 Å². The zero-order valence-corrected chi connectivity index (χ0v) is 15.8. The zero-order chi connectivity index (χ0) is 20.1. The Morgan fingerprint density at radius 3 is 3.00 bits per heavy atom. The van der Waals surface area contributed by atoms with Crippen molar-refractivity contribution in [2.45, 2.75) is 11.3 Å². The lowest BCUT2D eigenvalue weighted by atomic mass is 9.93. The van der Waals surface area contributed by atoms with Crippen LogP contribution in [0.15, 0.2) is 68.4 Å². The van der Waals surface area contributed by atoms with Gasteiger partial charge in [0.1, 0.15) is 11.7 Å². The summed E-state index contributed by atoms with van der Waals surface area (Å²) in [5, 5.41) is 8.11. The maximum atomic E-state index is 12.1. The molecule has 1 aliphatic carbocycles. The molecule has 0 saturated carbocycles. The predicted molar refractivity (Wildman–Crippen MR) is 101 cm³/mol. The molecule has 8 nitrogen and oxygen atoms in total. The fraction of sp³-hybridized carbons (Fsp3) is 0.200.